The van der Waals surface area contributed by atoms with Crippen LogP contribution in [0.3, 0.4) is 0 Å². The number of carboxylic acid groups (broad SMARTS) is 1. The molecule has 0 aromatic carbocycles. The molecule has 0 amide bonds. The van der Waals surface area contributed by atoms with Crippen LogP contribution >= 0.6 is 0 Å². The van der Waals surface area contributed by atoms with Gasteiger partial charge in [0.2, 0.25) is 5.58 Å². The lowest BCUT2D eigenvalue weighted by molar-refractivity contribution is -0.143. The normalized spacial score (nSPS) is 19.2. The van der Waals surface area contributed by atoms with Crippen LogP contribution < -0.4 is 0 Å². The fraction of sp³-hybridized carbons (Fsp3) is 0.455. The van der Waals surface area contributed by atoms with E-state index in [-0.39, 0.29) is 0 Å². The lowest BCUT2D eigenvalue weighted by atomic mass is 9.82. The highest BCUT2D eigenvalue weighted by molar-refractivity contribution is 5.87. The van der Waals surface area contributed by atoms with E-state index in [0.29, 0.717) is 29.7 Å². The topological polar surface area (TPSA) is 76.5 Å². The van der Waals surface area contributed by atoms with E-state index in [9.17, 15) is 9.90 Å². The van der Waals surface area contributed by atoms with Crippen molar-refractivity contribution < 1.29 is 18.8 Å². The Morgan fingerprint density at radius 2 is 2.19 bits per heavy atom. The van der Waals surface area contributed by atoms with Crippen molar-refractivity contribution in [3.8, 4) is 0 Å². The molecule has 16 heavy (non-hydrogen) atoms. The summed E-state index contributed by atoms with van der Waals surface area (Å²) in [7, 11) is 0. The van der Waals surface area contributed by atoms with Crippen molar-refractivity contribution in [2.24, 2.45) is 0 Å². The first kappa shape index (κ1) is 9.45. The van der Waals surface area contributed by atoms with Gasteiger partial charge in [0, 0.05) is 6.07 Å². The lowest BCUT2D eigenvalue weighted by Crippen LogP contribution is -2.33. The second-order valence-electron chi connectivity index (χ2n) is 4.24. The highest BCUT2D eigenvalue weighted by atomic mass is 16.5. The molecule has 2 heterocycles. The second-order valence-corrected chi connectivity index (χ2v) is 4.24. The Kier molecular flexibility index (Phi) is 1.83. The Labute approximate surface area is 91.0 Å². The summed E-state index contributed by atoms with van der Waals surface area (Å²) in [6, 6.07) is 1.65. The van der Waals surface area contributed by atoms with Gasteiger partial charge >= 0.3 is 5.97 Å². The van der Waals surface area contributed by atoms with Gasteiger partial charge in [-0.15, -0.1) is 0 Å². The third-order valence-corrected chi connectivity index (χ3v) is 3.40. The first-order valence-electron chi connectivity index (χ1n) is 5.31. The maximum Gasteiger partial charge on any atom is 0.316 e. The largest absolute Gasteiger partial charge is 0.481 e. The molecule has 84 valence electrons. The number of hydrogen-bond donors (Lipinski definition) is 1. The summed E-state index contributed by atoms with van der Waals surface area (Å²) in [5.74, 6) is -0.836. The summed E-state index contributed by atoms with van der Waals surface area (Å²) in [6.45, 7) is 0. The molecule has 0 saturated heterocycles. The van der Waals surface area contributed by atoms with Crippen LogP contribution in [0.25, 0.3) is 11.2 Å². The van der Waals surface area contributed by atoms with Gasteiger partial charge in [0.1, 0.15) is 11.1 Å². The average Bonchev–Trinajstić information content (AvgIpc) is 2.93. The first-order chi connectivity index (χ1) is 7.74. The molecule has 2 aromatic rings. The van der Waals surface area contributed by atoms with Gasteiger partial charge in [-0.05, 0) is 12.8 Å². The smallest absolute Gasteiger partial charge is 0.316 e. The minimum absolute atomic E-state index is 0.442. The van der Waals surface area contributed by atoms with Gasteiger partial charge in [0.25, 0.3) is 0 Å². The van der Waals surface area contributed by atoms with E-state index in [0.717, 1.165) is 12.8 Å². The molecule has 1 N–H and O–H groups in total. The summed E-state index contributed by atoms with van der Waals surface area (Å²) in [6.07, 6.45) is 4.50. The zero-order chi connectivity index (χ0) is 11.2. The predicted molar refractivity (Wildman–Crippen MR) is 54.1 cm³/mol. The van der Waals surface area contributed by atoms with Gasteiger partial charge in [-0.1, -0.05) is 18.0 Å². The van der Waals surface area contributed by atoms with E-state index in [1.807, 2.05) is 0 Å². The molecular weight excluding hydrogens is 210 g/mol. The molecule has 1 aliphatic carbocycles. The number of carboxylic acids is 1. The fourth-order valence-electron chi connectivity index (χ4n) is 2.51. The fourth-order valence-corrected chi connectivity index (χ4v) is 2.51. The number of nitrogens with zero attached hydrogens (tertiary/aromatic N) is 1. The molecule has 0 radical (unpaired) electrons. The van der Waals surface area contributed by atoms with Crippen molar-refractivity contribution in [1.82, 2.24) is 5.16 Å². The highest BCUT2D eigenvalue weighted by Gasteiger charge is 2.47. The molecule has 2 aromatic heterocycles. The van der Waals surface area contributed by atoms with Crippen LogP contribution in [0.15, 0.2) is 21.3 Å². The Morgan fingerprint density at radius 1 is 1.44 bits per heavy atom. The molecular formula is C11H11NO4. The molecule has 1 saturated carbocycles. The summed E-state index contributed by atoms with van der Waals surface area (Å²) in [4.78, 5) is 11.5. The number of aromatic nitrogens is 1. The van der Waals surface area contributed by atoms with Gasteiger partial charge in [0.05, 0.1) is 6.26 Å². The molecule has 1 fully saturated rings. The Morgan fingerprint density at radius 3 is 2.88 bits per heavy atom. The standard InChI is InChI=1S/C11H11NO4/c13-10(14)11(4-1-2-5-11)9-8-7(16-12-9)3-6-15-8/h3,6H,1-2,4-5H2,(H,13,14). The Hall–Kier alpha value is -1.78. The zero-order valence-electron chi connectivity index (χ0n) is 8.60. The van der Waals surface area contributed by atoms with Crippen LogP contribution in [-0.4, -0.2) is 16.2 Å². The van der Waals surface area contributed by atoms with Crippen molar-refractivity contribution in [3.05, 3.63) is 18.0 Å². The molecule has 0 spiro atoms. The molecule has 0 unspecified atom stereocenters. The molecule has 1 aliphatic rings. The summed E-state index contributed by atoms with van der Waals surface area (Å²) >= 11 is 0. The van der Waals surface area contributed by atoms with Gasteiger partial charge in [-0.25, -0.2) is 0 Å². The molecule has 0 aliphatic heterocycles. The van der Waals surface area contributed by atoms with Gasteiger partial charge in [-0.3, -0.25) is 4.79 Å². The van der Waals surface area contributed by atoms with E-state index in [4.69, 9.17) is 8.94 Å². The van der Waals surface area contributed by atoms with Crippen molar-refractivity contribution in [3.63, 3.8) is 0 Å². The van der Waals surface area contributed by atoms with E-state index in [2.05, 4.69) is 5.16 Å². The highest BCUT2D eigenvalue weighted by Crippen LogP contribution is 2.43. The average molecular weight is 221 g/mol. The van der Waals surface area contributed by atoms with Gasteiger partial charge < -0.3 is 14.0 Å². The van der Waals surface area contributed by atoms with Crippen molar-refractivity contribution in [1.29, 1.82) is 0 Å². The third-order valence-electron chi connectivity index (χ3n) is 3.40. The summed E-state index contributed by atoms with van der Waals surface area (Å²) in [5.41, 5.74) is 0.521. The van der Waals surface area contributed by atoms with E-state index < -0.39 is 11.4 Å². The first-order valence-corrected chi connectivity index (χ1v) is 5.31. The van der Waals surface area contributed by atoms with Crippen LogP contribution in [0, 0.1) is 0 Å². The minimum Gasteiger partial charge on any atom is -0.481 e. The molecule has 0 atom stereocenters. The summed E-state index contributed by atoms with van der Waals surface area (Å²) in [5, 5.41) is 13.3. The van der Waals surface area contributed by atoms with Gasteiger partial charge in [-0.2, -0.15) is 0 Å². The second kappa shape index (κ2) is 3.10. The molecule has 0 bridgehead atoms. The summed E-state index contributed by atoms with van der Waals surface area (Å²) < 4.78 is 10.3. The monoisotopic (exact) mass is 221 g/mol. The lowest BCUT2D eigenvalue weighted by Gasteiger charge is -2.19. The molecule has 3 rings (SSSR count). The predicted octanol–water partition coefficient (Wildman–Crippen LogP) is 2.32. The number of hydrogen-bond acceptors (Lipinski definition) is 4. The maximum atomic E-state index is 11.5. The van der Waals surface area contributed by atoms with Crippen LogP contribution in [0.4, 0.5) is 0 Å². The quantitative estimate of drug-likeness (QED) is 0.842. The van der Waals surface area contributed by atoms with Crippen LogP contribution in [-0.2, 0) is 10.2 Å². The Bertz CT molecular complexity index is 533. The van der Waals surface area contributed by atoms with Crippen LogP contribution in [0.2, 0.25) is 0 Å². The van der Waals surface area contributed by atoms with Crippen molar-refractivity contribution in [2.45, 2.75) is 31.1 Å². The van der Waals surface area contributed by atoms with E-state index in [1.54, 1.807) is 6.07 Å². The van der Waals surface area contributed by atoms with Crippen LogP contribution in [0.1, 0.15) is 31.4 Å². The minimum atomic E-state index is -0.914. The SMILES string of the molecule is O=C(O)C1(c2noc3ccoc23)CCCC1. The van der Waals surface area contributed by atoms with Crippen molar-refractivity contribution >= 4 is 17.1 Å². The maximum absolute atomic E-state index is 11.5. The third kappa shape index (κ3) is 1.05. The van der Waals surface area contributed by atoms with Crippen molar-refractivity contribution in [2.75, 3.05) is 0 Å². The molecule has 5 heteroatoms. The number of fused-ring (bicyclic) bond motifs is 1. The van der Waals surface area contributed by atoms with E-state index >= 15 is 0 Å². The van der Waals surface area contributed by atoms with Gasteiger partial charge in [0.15, 0.2) is 5.58 Å². The number of furan rings is 1. The van der Waals surface area contributed by atoms with Crippen LogP contribution in [0.5, 0.6) is 0 Å². The zero-order valence-corrected chi connectivity index (χ0v) is 8.60. The number of carbonyl (C=O) groups is 1. The molecule has 5 nitrogen and oxygen atoms in total. The number of aliphatic carboxylic acids is 1. The Balaban J connectivity index is 2.21. The number of rotatable bonds is 2. The van der Waals surface area contributed by atoms with E-state index in [1.165, 1.54) is 6.26 Å².